The van der Waals surface area contributed by atoms with Gasteiger partial charge in [-0.25, -0.2) is 12.8 Å². The number of phenols is 1. The van der Waals surface area contributed by atoms with Crippen molar-refractivity contribution in [3.8, 4) is 5.75 Å². The number of nitrogens with zero attached hydrogens (tertiary/aromatic N) is 2. The van der Waals surface area contributed by atoms with Gasteiger partial charge >= 0.3 is 0 Å². The second kappa shape index (κ2) is 6.42. The number of pyridine rings is 1. The largest absolute Gasteiger partial charge is 0.503 e. The number of phenolic OH excluding ortho intramolecular Hbond substituents is 1. The fourth-order valence-electron chi connectivity index (χ4n) is 2.69. The third kappa shape index (κ3) is 2.96. The van der Waals surface area contributed by atoms with Gasteiger partial charge in [0.15, 0.2) is 11.6 Å². The van der Waals surface area contributed by atoms with Crippen LogP contribution in [0.4, 0.5) is 4.39 Å². The Balaban J connectivity index is 2.15. The molecule has 1 atom stereocenters. The summed E-state index contributed by atoms with van der Waals surface area (Å²) in [7, 11) is -2.57. The van der Waals surface area contributed by atoms with Crippen LogP contribution >= 0.6 is 0 Å². The van der Waals surface area contributed by atoms with Gasteiger partial charge in [-0.2, -0.15) is 4.31 Å². The monoisotopic (exact) mass is 360 g/mol. The zero-order valence-corrected chi connectivity index (χ0v) is 14.5. The van der Waals surface area contributed by atoms with Gasteiger partial charge in [-0.1, -0.05) is 30.3 Å². The lowest BCUT2D eigenvalue weighted by atomic mass is 10.1. The van der Waals surface area contributed by atoms with Gasteiger partial charge in [-0.05, 0) is 30.7 Å². The Morgan fingerprint density at radius 1 is 1.16 bits per heavy atom. The van der Waals surface area contributed by atoms with Gasteiger partial charge in [0.05, 0.1) is 4.90 Å². The van der Waals surface area contributed by atoms with Gasteiger partial charge in [0.1, 0.15) is 5.52 Å². The highest BCUT2D eigenvalue weighted by atomic mass is 32.2. The number of hydrogen-bond acceptors (Lipinski definition) is 4. The molecule has 0 spiro atoms. The minimum atomic E-state index is -4.01. The fraction of sp³-hybridized carbons (Fsp3) is 0.167. The lowest BCUT2D eigenvalue weighted by Crippen LogP contribution is -2.30. The summed E-state index contributed by atoms with van der Waals surface area (Å²) in [6.45, 7) is 1.75. The van der Waals surface area contributed by atoms with Crippen LogP contribution in [0.1, 0.15) is 18.5 Å². The molecule has 1 aromatic heterocycles. The lowest BCUT2D eigenvalue weighted by molar-refractivity contribution is 0.398. The molecular formula is C18H17FN2O3S. The van der Waals surface area contributed by atoms with Crippen LogP contribution in [0.15, 0.2) is 59.6 Å². The van der Waals surface area contributed by atoms with Crippen LogP contribution in [0.2, 0.25) is 0 Å². The van der Waals surface area contributed by atoms with Gasteiger partial charge in [0.2, 0.25) is 10.0 Å². The van der Waals surface area contributed by atoms with Gasteiger partial charge in [-0.3, -0.25) is 4.98 Å². The average molecular weight is 360 g/mol. The smallest absolute Gasteiger partial charge is 0.244 e. The molecule has 0 aliphatic heterocycles. The SMILES string of the molecule is CC(c1ccccc1)N(C)S(=O)(=O)c1cc(F)c(O)c2ncccc12. The van der Waals surface area contributed by atoms with Crippen molar-refractivity contribution in [3.05, 3.63) is 66.1 Å². The van der Waals surface area contributed by atoms with Crippen molar-refractivity contribution in [2.24, 2.45) is 0 Å². The van der Waals surface area contributed by atoms with E-state index in [4.69, 9.17) is 0 Å². The molecule has 0 fully saturated rings. The molecule has 0 aliphatic carbocycles. The molecule has 25 heavy (non-hydrogen) atoms. The fourth-order valence-corrected chi connectivity index (χ4v) is 4.23. The highest BCUT2D eigenvalue weighted by Crippen LogP contribution is 2.34. The lowest BCUT2D eigenvalue weighted by Gasteiger charge is -2.25. The number of hydrogen-bond donors (Lipinski definition) is 1. The maximum absolute atomic E-state index is 14.1. The first kappa shape index (κ1) is 17.3. The maximum Gasteiger partial charge on any atom is 0.244 e. The molecule has 1 N–H and O–H groups in total. The van der Waals surface area contributed by atoms with Crippen molar-refractivity contribution >= 4 is 20.9 Å². The Labute approximate surface area is 145 Å². The summed E-state index contributed by atoms with van der Waals surface area (Å²) in [6.07, 6.45) is 1.37. The normalized spacial score (nSPS) is 13.3. The number of fused-ring (bicyclic) bond motifs is 1. The van der Waals surface area contributed by atoms with Crippen molar-refractivity contribution in [1.82, 2.24) is 9.29 Å². The van der Waals surface area contributed by atoms with Crippen LogP contribution < -0.4 is 0 Å². The van der Waals surface area contributed by atoms with Crippen LogP contribution in [-0.2, 0) is 10.0 Å². The topological polar surface area (TPSA) is 70.5 Å². The van der Waals surface area contributed by atoms with Crippen molar-refractivity contribution in [1.29, 1.82) is 0 Å². The number of aromatic hydroxyl groups is 1. The molecule has 130 valence electrons. The molecule has 3 aromatic rings. The predicted molar refractivity (Wildman–Crippen MR) is 93.2 cm³/mol. The van der Waals surface area contributed by atoms with E-state index in [1.54, 1.807) is 13.0 Å². The summed E-state index contributed by atoms with van der Waals surface area (Å²) in [5, 5.41) is 10.0. The molecule has 0 saturated heterocycles. The van der Waals surface area contributed by atoms with Crippen LogP contribution in [-0.4, -0.2) is 29.9 Å². The van der Waals surface area contributed by atoms with E-state index in [2.05, 4.69) is 4.98 Å². The Morgan fingerprint density at radius 2 is 1.84 bits per heavy atom. The quantitative estimate of drug-likeness (QED) is 0.773. The summed E-state index contributed by atoms with van der Waals surface area (Å²) in [6, 6.07) is 12.6. The third-order valence-electron chi connectivity index (χ3n) is 4.27. The Kier molecular flexibility index (Phi) is 4.45. The van der Waals surface area contributed by atoms with Crippen molar-refractivity contribution in [2.75, 3.05) is 7.05 Å². The molecule has 1 unspecified atom stereocenters. The van der Waals surface area contributed by atoms with E-state index in [0.717, 1.165) is 11.6 Å². The highest BCUT2D eigenvalue weighted by Gasteiger charge is 2.29. The summed E-state index contributed by atoms with van der Waals surface area (Å²) in [5.41, 5.74) is 0.733. The number of halogens is 1. The summed E-state index contributed by atoms with van der Waals surface area (Å²) < 4.78 is 41.4. The first-order valence-corrected chi connectivity index (χ1v) is 9.07. The highest BCUT2D eigenvalue weighted by molar-refractivity contribution is 7.89. The van der Waals surface area contributed by atoms with Gasteiger partial charge in [-0.15, -0.1) is 0 Å². The number of rotatable bonds is 4. The molecule has 0 bridgehead atoms. The third-order valence-corrected chi connectivity index (χ3v) is 6.23. The molecule has 0 amide bonds. The molecule has 0 aliphatic rings. The van der Waals surface area contributed by atoms with Crippen LogP contribution in [0.25, 0.3) is 10.9 Å². The molecule has 0 radical (unpaired) electrons. The Hall–Kier alpha value is -2.51. The maximum atomic E-state index is 14.1. The molecular weight excluding hydrogens is 343 g/mol. The molecule has 7 heteroatoms. The Morgan fingerprint density at radius 3 is 2.52 bits per heavy atom. The minimum absolute atomic E-state index is 0.0816. The van der Waals surface area contributed by atoms with Gasteiger partial charge in [0, 0.05) is 24.7 Å². The van der Waals surface area contributed by atoms with Gasteiger partial charge < -0.3 is 5.11 Å². The Bertz CT molecular complexity index is 1020. The van der Waals surface area contributed by atoms with Crippen LogP contribution in [0, 0.1) is 5.82 Å². The molecule has 1 heterocycles. The number of sulfonamides is 1. The van der Waals surface area contributed by atoms with Crippen molar-refractivity contribution in [3.63, 3.8) is 0 Å². The number of aromatic nitrogens is 1. The van der Waals surface area contributed by atoms with Crippen molar-refractivity contribution < 1.29 is 17.9 Å². The van der Waals surface area contributed by atoms with Crippen LogP contribution in [0.5, 0.6) is 5.75 Å². The van der Waals surface area contributed by atoms with Crippen molar-refractivity contribution in [2.45, 2.75) is 17.9 Å². The zero-order chi connectivity index (χ0) is 18.2. The van der Waals surface area contributed by atoms with Crippen LogP contribution in [0.3, 0.4) is 0 Å². The van der Waals surface area contributed by atoms with E-state index in [1.807, 2.05) is 30.3 Å². The molecule has 0 saturated carbocycles. The zero-order valence-electron chi connectivity index (χ0n) is 13.7. The van der Waals surface area contributed by atoms with E-state index in [0.29, 0.717) is 0 Å². The second-order valence-electron chi connectivity index (χ2n) is 5.71. The van der Waals surface area contributed by atoms with E-state index in [-0.39, 0.29) is 15.8 Å². The molecule has 3 rings (SSSR count). The van der Waals surface area contributed by atoms with E-state index in [1.165, 1.54) is 23.6 Å². The average Bonchev–Trinajstić information content (AvgIpc) is 2.64. The number of benzene rings is 2. The molecule has 5 nitrogen and oxygen atoms in total. The first-order valence-electron chi connectivity index (χ1n) is 7.63. The minimum Gasteiger partial charge on any atom is -0.503 e. The van der Waals surface area contributed by atoms with E-state index in [9.17, 15) is 17.9 Å². The second-order valence-corrected chi connectivity index (χ2v) is 7.68. The molecule has 2 aromatic carbocycles. The predicted octanol–water partition coefficient (Wildman–Crippen LogP) is 3.46. The van der Waals surface area contributed by atoms with Gasteiger partial charge in [0.25, 0.3) is 0 Å². The van der Waals surface area contributed by atoms with E-state index < -0.39 is 27.6 Å². The first-order chi connectivity index (χ1) is 11.8. The van der Waals surface area contributed by atoms with E-state index >= 15 is 0 Å². The standard InChI is InChI=1S/C18H17FN2O3S/c1-12(13-7-4-3-5-8-13)21(2)25(23,24)16-11-15(19)18(22)17-14(16)9-6-10-20-17/h3-12,22H,1-2H3. The summed E-state index contributed by atoms with van der Waals surface area (Å²) >= 11 is 0. The summed E-state index contributed by atoms with van der Waals surface area (Å²) in [4.78, 5) is 3.68. The summed E-state index contributed by atoms with van der Waals surface area (Å²) in [5.74, 6) is -1.68.